The van der Waals surface area contributed by atoms with Crippen molar-refractivity contribution in [2.24, 2.45) is 10.7 Å². The number of aliphatic imine (C=N–C) groups is 1. The van der Waals surface area contributed by atoms with Gasteiger partial charge in [-0.2, -0.15) is 0 Å². The predicted octanol–water partition coefficient (Wildman–Crippen LogP) is 2.77. The van der Waals surface area contributed by atoms with Crippen molar-refractivity contribution in [3.8, 4) is 11.5 Å². The Morgan fingerprint density at radius 1 is 1.31 bits per heavy atom. The highest BCUT2D eigenvalue weighted by molar-refractivity contribution is 14.0. The molecule has 1 amide bonds. The maximum absolute atomic E-state index is 10.9. The summed E-state index contributed by atoms with van der Waals surface area (Å²) in [6, 6.07) is 13.4. The Labute approximate surface area is 210 Å². The maximum atomic E-state index is 10.9. The molecular formula is C22H29ClIN5O3. The average molecular weight is 574 g/mol. The van der Waals surface area contributed by atoms with Crippen LogP contribution in [-0.2, 0) is 11.3 Å². The first kappa shape index (κ1) is 25.9. The van der Waals surface area contributed by atoms with Crippen LogP contribution >= 0.6 is 35.6 Å². The number of carbonyl (C=O) groups is 1. The molecule has 0 spiro atoms. The number of carbonyl (C=O) groups excluding carboxylic acids is 1. The van der Waals surface area contributed by atoms with Crippen LogP contribution in [0.4, 0.5) is 5.69 Å². The number of nitrogens with zero attached hydrogens (tertiary/aromatic N) is 2. The molecule has 32 heavy (non-hydrogen) atoms. The molecule has 1 heterocycles. The van der Waals surface area contributed by atoms with Crippen molar-refractivity contribution in [3.05, 3.63) is 53.1 Å². The molecule has 1 atom stereocenters. The van der Waals surface area contributed by atoms with E-state index in [9.17, 15) is 4.79 Å². The molecule has 1 aliphatic rings. The van der Waals surface area contributed by atoms with Gasteiger partial charge in [-0.1, -0.05) is 23.7 Å². The molecule has 1 fully saturated rings. The normalized spacial score (nSPS) is 15.7. The fourth-order valence-electron chi connectivity index (χ4n) is 3.48. The number of amides is 1. The fourth-order valence-corrected chi connectivity index (χ4v) is 3.65. The maximum Gasteiger partial charge on any atom is 0.255 e. The topological polar surface area (TPSA) is 101 Å². The largest absolute Gasteiger partial charge is 0.495 e. The SMILES string of the molecule is CN=C(NCc1cccc(OCC(N)=O)c1)NC1CCN(c2cc(Cl)ccc2OC)C1.I. The van der Waals surface area contributed by atoms with Crippen LogP contribution in [0.1, 0.15) is 12.0 Å². The number of ether oxygens (including phenoxy) is 2. The molecule has 3 rings (SSSR count). The van der Waals surface area contributed by atoms with E-state index in [0.29, 0.717) is 23.3 Å². The van der Waals surface area contributed by atoms with Crippen LogP contribution in [0.5, 0.6) is 11.5 Å². The van der Waals surface area contributed by atoms with Crippen molar-refractivity contribution in [2.45, 2.75) is 19.0 Å². The summed E-state index contributed by atoms with van der Waals surface area (Å²) in [6.45, 7) is 2.13. The summed E-state index contributed by atoms with van der Waals surface area (Å²) in [4.78, 5) is 17.5. The molecule has 0 radical (unpaired) electrons. The number of primary amides is 1. The van der Waals surface area contributed by atoms with Gasteiger partial charge < -0.3 is 30.7 Å². The van der Waals surface area contributed by atoms with Crippen LogP contribution in [0.25, 0.3) is 0 Å². The first-order valence-corrected chi connectivity index (χ1v) is 10.4. The Morgan fingerprint density at radius 2 is 2.12 bits per heavy atom. The van der Waals surface area contributed by atoms with Gasteiger partial charge in [0.15, 0.2) is 12.6 Å². The fraction of sp³-hybridized carbons (Fsp3) is 0.364. The lowest BCUT2D eigenvalue weighted by molar-refractivity contribution is -0.119. The van der Waals surface area contributed by atoms with Gasteiger partial charge in [0, 0.05) is 37.7 Å². The summed E-state index contributed by atoms with van der Waals surface area (Å²) in [5.74, 6) is 1.62. The molecule has 1 saturated heterocycles. The number of hydrogen-bond acceptors (Lipinski definition) is 5. The second-order valence-electron chi connectivity index (χ2n) is 7.22. The molecule has 1 unspecified atom stereocenters. The van der Waals surface area contributed by atoms with Crippen molar-refractivity contribution in [1.29, 1.82) is 0 Å². The average Bonchev–Trinajstić information content (AvgIpc) is 3.24. The van der Waals surface area contributed by atoms with Gasteiger partial charge in [0.2, 0.25) is 0 Å². The van der Waals surface area contributed by atoms with Crippen molar-refractivity contribution >= 4 is 53.1 Å². The van der Waals surface area contributed by atoms with E-state index >= 15 is 0 Å². The zero-order valence-corrected chi connectivity index (χ0v) is 21.2. The number of nitrogens with one attached hydrogen (secondary N) is 2. The van der Waals surface area contributed by atoms with Gasteiger partial charge >= 0.3 is 0 Å². The molecule has 0 bridgehead atoms. The van der Waals surface area contributed by atoms with Crippen LogP contribution in [0.2, 0.25) is 5.02 Å². The van der Waals surface area contributed by atoms with E-state index in [0.717, 1.165) is 36.5 Å². The summed E-state index contributed by atoms with van der Waals surface area (Å²) >= 11 is 6.18. The molecule has 0 saturated carbocycles. The van der Waals surface area contributed by atoms with Crippen LogP contribution in [0.15, 0.2) is 47.5 Å². The smallest absolute Gasteiger partial charge is 0.255 e. The van der Waals surface area contributed by atoms with Crippen molar-refractivity contribution < 1.29 is 14.3 Å². The van der Waals surface area contributed by atoms with E-state index in [-0.39, 0.29) is 36.6 Å². The van der Waals surface area contributed by atoms with Gasteiger partial charge in [0.1, 0.15) is 11.5 Å². The van der Waals surface area contributed by atoms with Crippen LogP contribution < -0.4 is 30.7 Å². The Bertz CT molecular complexity index is 944. The highest BCUT2D eigenvalue weighted by Gasteiger charge is 2.25. The molecule has 4 N–H and O–H groups in total. The van der Waals surface area contributed by atoms with Crippen LogP contribution in [-0.4, -0.2) is 51.8 Å². The molecule has 2 aromatic rings. The third-order valence-corrected chi connectivity index (χ3v) is 5.21. The van der Waals surface area contributed by atoms with Gasteiger partial charge in [0.25, 0.3) is 5.91 Å². The van der Waals surface area contributed by atoms with E-state index < -0.39 is 5.91 Å². The van der Waals surface area contributed by atoms with Gasteiger partial charge in [-0.3, -0.25) is 9.79 Å². The molecular weight excluding hydrogens is 545 g/mol. The Kier molecular flexibility index (Phi) is 10.2. The second-order valence-corrected chi connectivity index (χ2v) is 7.66. The number of nitrogens with two attached hydrogens (primary N) is 1. The predicted molar refractivity (Wildman–Crippen MR) is 139 cm³/mol. The summed E-state index contributed by atoms with van der Waals surface area (Å²) in [6.07, 6.45) is 0.965. The quantitative estimate of drug-likeness (QED) is 0.255. The molecule has 8 nitrogen and oxygen atoms in total. The van der Waals surface area contributed by atoms with E-state index in [1.165, 1.54) is 0 Å². The molecule has 0 aromatic heterocycles. The minimum atomic E-state index is -0.505. The molecule has 1 aliphatic heterocycles. The summed E-state index contributed by atoms with van der Waals surface area (Å²) in [7, 11) is 3.41. The highest BCUT2D eigenvalue weighted by Crippen LogP contribution is 2.33. The first-order chi connectivity index (χ1) is 15.0. The van der Waals surface area contributed by atoms with E-state index in [4.69, 9.17) is 26.8 Å². The van der Waals surface area contributed by atoms with Crippen molar-refractivity contribution in [3.63, 3.8) is 0 Å². The molecule has 174 valence electrons. The number of halogens is 2. The summed E-state index contributed by atoms with van der Waals surface area (Å²) in [5, 5.41) is 7.48. The van der Waals surface area contributed by atoms with Gasteiger partial charge in [0.05, 0.1) is 12.8 Å². The van der Waals surface area contributed by atoms with E-state index in [2.05, 4.69) is 20.5 Å². The lowest BCUT2D eigenvalue weighted by Crippen LogP contribution is -2.44. The Balaban J connectivity index is 0.00000363. The minimum Gasteiger partial charge on any atom is -0.495 e. The zero-order chi connectivity index (χ0) is 22.2. The van der Waals surface area contributed by atoms with Crippen molar-refractivity contribution in [2.75, 3.05) is 38.8 Å². The number of benzene rings is 2. The number of methoxy groups -OCH3 is 1. The second kappa shape index (κ2) is 12.6. The van der Waals surface area contributed by atoms with Gasteiger partial charge in [-0.25, -0.2) is 0 Å². The monoisotopic (exact) mass is 573 g/mol. The van der Waals surface area contributed by atoms with E-state index in [1.807, 2.05) is 36.4 Å². The third-order valence-electron chi connectivity index (χ3n) is 4.97. The number of guanidine groups is 1. The van der Waals surface area contributed by atoms with Gasteiger partial charge in [-0.05, 0) is 42.3 Å². The lowest BCUT2D eigenvalue weighted by Gasteiger charge is -2.22. The molecule has 2 aromatic carbocycles. The van der Waals surface area contributed by atoms with E-state index in [1.54, 1.807) is 20.2 Å². The van der Waals surface area contributed by atoms with Crippen LogP contribution in [0, 0.1) is 0 Å². The minimum absolute atomic E-state index is 0. The van der Waals surface area contributed by atoms with Crippen LogP contribution in [0.3, 0.4) is 0 Å². The number of hydrogen-bond donors (Lipinski definition) is 3. The molecule has 0 aliphatic carbocycles. The highest BCUT2D eigenvalue weighted by atomic mass is 127. The Hall–Kier alpha value is -2.40. The number of anilines is 1. The van der Waals surface area contributed by atoms with Crippen molar-refractivity contribution in [1.82, 2.24) is 10.6 Å². The van der Waals surface area contributed by atoms with Gasteiger partial charge in [-0.15, -0.1) is 24.0 Å². The standard InChI is InChI=1S/C22H28ClN5O3.HI/c1-25-22(26-12-15-4-3-5-18(10-15)31-14-21(24)29)27-17-8-9-28(13-17)19-11-16(23)6-7-20(19)30-2;/h3-7,10-11,17H,8-9,12-14H2,1-2H3,(H2,24,29)(H2,25,26,27);1H. The number of rotatable bonds is 8. The molecule has 10 heteroatoms. The summed E-state index contributed by atoms with van der Waals surface area (Å²) < 4.78 is 10.8. The third kappa shape index (κ3) is 7.33. The Morgan fingerprint density at radius 3 is 2.84 bits per heavy atom. The zero-order valence-electron chi connectivity index (χ0n) is 18.1. The summed E-state index contributed by atoms with van der Waals surface area (Å²) in [5.41, 5.74) is 7.12. The first-order valence-electron chi connectivity index (χ1n) is 10.0. The lowest BCUT2D eigenvalue weighted by atomic mass is 10.2.